The molecule has 2 N–H and O–H groups in total. The molecule has 1 atom stereocenters. The minimum absolute atomic E-state index is 0.349. The molecule has 0 spiro atoms. The van der Waals surface area contributed by atoms with Crippen LogP contribution in [0.25, 0.3) is 0 Å². The van der Waals surface area contributed by atoms with E-state index in [0.717, 1.165) is 6.42 Å². The molecule has 0 aliphatic rings. The van der Waals surface area contributed by atoms with Gasteiger partial charge in [0.15, 0.2) is 0 Å². The number of halogens is 1. The second-order valence-corrected chi connectivity index (χ2v) is 3.18. The molecule has 3 nitrogen and oxygen atoms in total. The van der Waals surface area contributed by atoms with Gasteiger partial charge in [-0.05, 0) is 18.6 Å². The molecule has 1 aromatic heterocycles. The van der Waals surface area contributed by atoms with Crippen LogP contribution in [0.5, 0.6) is 0 Å². The lowest BCUT2D eigenvalue weighted by Gasteiger charge is -2.10. The lowest BCUT2D eigenvalue weighted by Crippen LogP contribution is -2.18. The molecule has 0 aromatic carbocycles. The Labute approximate surface area is 82.8 Å². The Morgan fingerprint density at radius 2 is 2.46 bits per heavy atom. The van der Waals surface area contributed by atoms with Crippen molar-refractivity contribution in [2.75, 3.05) is 11.9 Å². The summed E-state index contributed by atoms with van der Waals surface area (Å²) in [5.41, 5.74) is 0. The van der Waals surface area contributed by atoms with Crippen molar-refractivity contribution in [2.45, 2.75) is 19.4 Å². The van der Waals surface area contributed by atoms with Crippen molar-refractivity contribution in [3.05, 3.63) is 23.4 Å². The smallest absolute Gasteiger partial charge is 0.144 e. The number of anilines is 1. The third-order valence-electron chi connectivity index (χ3n) is 1.73. The summed E-state index contributed by atoms with van der Waals surface area (Å²) in [7, 11) is 0. The molecule has 0 aliphatic carbocycles. The summed E-state index contributed by atoms with van der Waals surface area (Å²) < 4.78 is 0. The van der Waals surface area contributed by atoms with Crippen LogP contribution < -0.4 is 5.32 Å². The molecule has 1 rings (SSSR count). The van der Waals surface area contributed by atoms with Crippen LogP contribution in [-0.4, -0.2) is 22.7 Å². The van der Waals surface area contributed by atoms with Crippen LogP contribution in [0.1, 0.15) is 13.3 Å². The molecule has 0 saturated carbocycles. The maximum absolute atomic E-state index is 9.28. The summed E-state index contributed by atoms with van der Waals surface area (Å²) in [5.74, 6) is 0.622. The Morgan fingerprint density at radius 3 is 3.08 bits per heavy atom. The molecule has 0 amide bonds. The summed E-state index contributed by atoms with van der Waals surface area (Å²) in [6, 6.07) is 3.53. The maximum Gasteiger partial charge on any atom is 0.144 e. The number of hydrogen-bond acceptors (Lipinski definition) is 3. The van der Waals surface area contributed by atoms with E-state index in [9.17, 15) is 5.11 Å². The van der Waals surface area contributed by atoms with Crippen molar-refractivity contribution in [2.24, 2.45) is 0 Å². The highest BCUT2D eigenvalue weighted by Crippen LogP contribution is 2.16. The Hall–Kier alpha value is -0.800. The number of aromatic nitrogens is 1. The van der Waals surface area contributed by atoms with Gasteiger partial charge in [0.1, 0.15) is 5.82 Å². The first-order chi connectivity index (χ1) is 6.24. The zero-order valence-corrected chi connectivity index (χ0v) is 8.25. The molecule has 72 valence electrons. The number of pyridine rings is 1. The monoisotopic (exact) mass is 200 g/mol. The van der Waals surface area contributed by atoms with Crippen LogP contribution in [0.3, 0.4) is 0 Å². The van der Waals surface area contributed by atoms with E-state index in [4.69, 9.17) is 11.6 Å². The Bertz CT molecular complexity index is 268. The zero-order chi connectivity index (χ0) is 9.68. The normalized spacial score (nSPS) is 12.5. The van der Waals surface area contributed by atoms with Crippen molar-refractivity contribution < 1.29 is 5.11 Å². The Morgan fingerprint density at radius 1 is 1.69 bits per heavy atom. The van der Waals surface area contributed by atoms with Gasteiger partial charge in [0.2, 0.25) is 0 Å². The highest BCUT2D eigenvalue weighted by molar-refractivity contribution is 6.32. The van der Waals surface area contributed by atoms with E-state index < -0.39 is 0 Å². The van der Waals surface area contributed by atoms with E-state index in [1.807, 2.05) is 6.92 Å². The van der Waals surface area contributed by atoms with E-state index in [1.165, 1.54) is 0 Å². The minimum Gasteiger partial charge on any atom is -0.391 e. The summed E-state index contributed by atoms with van der Waals surface area (Å²) in [4.78, 5) is 4.03. The molecule has 0 radical (unpaired) electrons. The molecule has 13 heavy (non-hydrogen) atoms. The molecule has 0 aliphatic heterocycles. The standard InChI is InChI=1S/C9H13ClN2O/c1-2-7(13)6-12-9-8(10)4-3-5-11-9/h3-5,7,13H,2,6H2,1H3,(H,11,12)/t7-/m0/s1. The number of aliphatic hydroxyl groups is 1. The second-order valence-electron chi connectivity index (χ2n) is 2.78. The van der Waals surface area contributed by atoms with Gasteiger partial charge < -0.3 is 10.4 Å². The Balaban J connectivity index is 2.50. The van der Waals surface area contributed by atoms with Gasteiger partial charge in [-0.15, -0.1) is 0 Å². The average Bonchev–Trinajstić information content (AvgIpc) is 2.16. The zero-order valence-electron chi connectivity index (χ0n) is 7.50. The van der Waals surface area contributed by atoms with Crippen molar-refractivity contribution in [1.29, 1.82) is 0 Å². The van der Waals surface area contributed by atoms with E-state index in [0.29, 0.717) is 17.4 Å². The summed E-state index contributed by atoms with van der Waals surface area (Å²) in [5, 5.41) is 12.8. The molecular weight excluding hydrogens is 188 g/mol. The average molecular weight is 201 g/mol. The lowest BCUT2D eigenvalue weighted by atomic mass is 10.3. The van der Waals surface area contributed by atoms with Gasteiger partial charge in [-0.1, -0.05) is 18.5 Å². The predicted molar refractivity (Wildman–Crippen MR) is 54.0 cm³/mol. The fourth-order valence-electron chi connectivity index (χ4n) is 0.875. The van der Waals surface area contributed by atoms with E-state index >= 15 is 0 Å². The number of hydrogen-bond donors (Lipinski definition) is 2. The van der Waals surface area contributed by atoms with Gasteiger partial charge >= 0.3 is 0 Å². The largest absolute Gasteiger partial charge is 0.391 e. The quantitative estimate of drug-likeness (QED) is 0.781. The van der Waals surface area contributed by atoms with Gasteiger partial charge in [0, 0.05) is 12.7 Å². The Kier molecular flexibility index (Phi) is 3.99. The van der Waals surface area contributed by atoms with E-state index in [2.05, 4.69) is 10.3 Å². The number of rotatable bonds is 4. The lowest BCUT2D eigenvalue weighted by molar-refractivity contribution is 0.183. The van der Waals surface area contributed by atoms with Gasteiger partial charge in [0.05, 0.1) is 11.1 Å². The molecule has 0 bridgehead atoms. The van der Waals surface area contributed by atoms with Crippen LogP contribution in [0.4, 0.5) is 5.82 Å². The molecule has 0 unspecified atom stereocenters. The fraction of sp³-hybridized carbons (Fsp3) is 0.444. The van der Waals surface area contributed by atoms with E-state index in [-0.39, 0.29) is 6.10 Å². The molecule has 1 aromatic rings. The highest BCUT2D eigenvalue weighted by atomic mass is 35.5. The second kappa shape index (κ2) is 5.04. The summed E-state index contributed by atoms with van der Waals surface area (Å²) in [6.45, 7) is 2.40. The highest BCUT2D eigenvalue weighted by Gasteiger charge is 2.03. The first kappa shape index (κ1) is 10.3. The molecule has 0 fully saturated rings. The van der Waals surface area contributed by atoms with Gasteiger partial charge in [-0.25, -0.2) is 4.98 Å². The van der Waals surface area contributed by atoms with Crippen molar-refractivity contribution in [1.82, 2.24) is 4.98 Å². The molecular formula is C9H13ClN2O. The van der Waals surface area contributed by atoms with Crippen LogP contribution in [-0.2, 0) is 0 Å². The molecule has 4 heteroatoms. The maximum atomic E-state index is 9.28. The van der Waals surface area contributed by atoms with Gasteiger partial charge in [0.25, 0.3) is 0 Å². The molecule has 0 saturated heterocycles. The third kappa shape index (κ3) is 3.20. The summed E-state index contributed by atoms with van der Waals surface area (Å²) >= 11 is 5.84. The van der Waals surface area contributed by atoms with Crippen LogP contribution in [0, 0.1) is 0 Å². The number of nitrogens with one attached hydrogen (secondary N) is 1. The first-order valence-corrected chi connectivity index (χ1v) is 4.64. The van der Waals surface area contributed by atoms with Crippen molar-refractivity contribution in [3.8, 4) is 0 Å². The topological polar surface area (TPSA) is 45.1 Å². The van der Waals surface area contributed by atoms with Gasteiger partial charge in [-0.2, -0.15) is 0 Å². The van der Waals surface area contributed by atoms with Crippen molar-refractivity contribution in [3.63, 3.8) is 0 Å². The van der Waals surface area contributed by atoms with Gasteiger partial charge in [-0.3, -0.25) is 0 Å². The predicted octanol–water partition coefficient (Wildman–Crippen LogP) is 1.92. The van der Waals surface area contributed by atoms with Crippen LogP contribution in [0.2, 0.25) is 5.02 Å². The van der Waals surface area contributed by atoms with Crippen LogP contribution >= 0.6 is 11.6 Å². The summed E-state index contributed by atoms with van der Waals surface area (Å²) in [6.07, 6.45) is 2.03. The first-order valence-electron chi connectivity index (χ1n) is 4.26. The van der Waals surface area contributed by atoms with Crippen molar-refractivity contribution >= 4 is 17.4 Å². The number of nitrogens with zero attached hydrogens (tertiary/aromatic N) is 1. The third-order valence-corrected chi connectivity index (χ3v) is 2.04. The number of aliphatic hydroxyl groups excluding tert-OH is 1. The molecule has 1 heterocycles. The van der Waals surface area contributed by atoms with E-state index in [1.54, 1.807) is 18.3 Å². The van der Waals surface area contributed by atoms with Crippen LogP contribution in [0.15, 0.2) is 18.3 Å². The fourth-order valence-corrected chi connectivity index (χ4v) is 1.06. The minimum atomic E-state index is -0.349. The SMILES string of the molecule is CC[C@H](O)CNc1ncccc1Cl.